The Kier molecular flexibility index (Phi) is 12.0. The van der Waals surface area contributed by atoms with Gasteiger partial charge < -0.3 is 36.1 Å². The van der Waals surface area contributed by atoms with Crippen molar-refractivity contribution in [2.75, 3.05) is 40.4 Å². The second-order valence-corrected chi connectivity index (χ2v) is 10.5. The smallest absolute Gasteiger partial charge is 0.255 e. The molecule has 1 fully saturated rings. The van der Waals surface area contributed by atoms with E-state index in [1.54, 1.807) is 7.11 Å². The van der Waals surface area contributed by atoms with E-state index in [4.69, 9.17) is 15.2 Å². The number of hydrogen-bond donors (Lipinski definition) is 4. The van der Waals surface area contributed by atoms with Crippen LogP contribution in [-0.2, 0) is 13.1 Å². The molecule has 0 saturated carbocycles. The van der Waals surface area contributed by atoms with Crippen molar-refractivity contribution in [3.63, 3.8) is 0 Å². The first kappa shape index (κ1) is 30.9. The molecule has 9 nitrogen and oxygen atoms in total. The van der Waals surface area contributed by atoms with Crippen molar-refractivity contribution < 1.29 is 14.3 Å². The number of ether oxygens (including phenoxy) is 2. The maximum absolute atomic E-state index is 12.8. The molecule has 0 atom stereocenters. The molecular formula is C33H44N6O3. The van der Waals surface area contributed by atoms with Crippen LogP contribution in [0, 0.1) is 0 Å². The molecule has 5 N–H and O–H groups in total. The molecule has 224 valence electrons. The lowest BCUT2D eigenvalue weighted by molar-refractivity contribution is 0.0965. The van der Waals surface area contributed by atoms with Crippen LogP contribution in [0.5, 0.6) is 11.5 Å². The van der Waals surface area contributed by atoms with Gasteiger partial charge in [-0.3, -0.25) is 4.79 Å². The second-order valence-electron chi connectivity index (χ2n) is 10.5. The summed E-state index contributed by atoms with van der Waals surface area (Å²) in [7, 11) is 3.55. The minimum Gasteiger partial charge on any atom is -0.493 e. The Hall–Kier alpha value is -4.08. The Morgan fingerprint density at radius 1 is 1.07 bits per heavy atom. The third-order valence-electron chi connectivity index (χ3n) is 7.36. The molecule has 42 heavy (non-hydrogen) atoms. The second kappa shape index (κ2) is 16.4. The lowest BCUT2D eigenvalue weighted by Crippen LogP contribution is -2.31. The number of rotatable bonds is 14. The van der Waals surface area contributed by atoms with E-state index in [-0.39, 0.29) is 5.91 Å². The summed E-state index contributed by atoms with van der Waals surface area (Å²) < 4.78 is 11.8. The van der Waals surface area contributed by atoms with Gasteiger partial charge in [0.1, 0.15) is 0 Å². The summed E-state index contributed by atoms with van der Waals surface area (Å²) in [4.78, 5) is 19.6. The zero-order chi connectivity index (χ0) is 29.6. The zero-order valence-corrected chi connectivity index (χ0v) is 24.8. The number of carbonyl (C=O) groups is 1. The van der Waals surface area contributed by atoms with Gasteiger partial charge in [-0.1, -0.05) is 24.6 Å². The molecule has 4 rings (SSSR count). The first-order valence-electron chi connectivity index (χ1n) is 14.8. The largest absolute Gasteiger partial charge is 0.493 e. The van der Waals surface area contributed by atoms with Crippen molar-refractivity contribution in [3.8, 4) is 11.5 Å². The third kappa shape index (κ3) is 9.22. The molecule has 1 aliphatic carbocycles. The number of nitrogens with zero attached hydrogens (tertiary/aromatic N) is 2. The Morgan fingerprint density at radius 3 is 2.62 bits per heavy atom. The fourth-order valence-electron chi connectivity index (χ4n) is 5.09. The molecule has 1 amide bonds. The maximum atomic E-state index is 12.8. The molecule has 0 radical (unpaired) electrons. The van der Waals surface area contributed by atoms with E-state index in [2.05, 4.69) is 25.8 Å². The number of methoxy groups -OCH3 is 1. The summed E-state index contributed by atoms with van der Waals surface area (Å²) in [6.45, 7) is 5.30. The Balaban J connectivity index is 1.35. The molecule has 0 unspecified atom stereocenters. The van der Waals surface area contributed by atoms with Crippen molar-refractivity contribution in [2.24, 2.45) is 10.7 Å². The quantitative estimate of drug-likeness (QED) is 0.149. The van der Waals surface area contributed by atoms with Gasteiger partial charge in [-0.25, -0.2) is 4.99 Å². The lowest BCUT2D eigenvalue weighted by atomic mass is 10.1. The van der Waals surface area contributed by atoms with Crippen LogP contribution in [0.15, 0.2) is 77.1 Å². The van der Waals surface area contributed by atoms with Crippen LogP contribution in [0.4, 0.5) is 5.69 Å². The average Bonchev–Trinajstić information content (AvgIpc) is 3.24. The molecule has 1 aliphatic heterocycles. The first-order valence-corrected chi connectivity index (χ1v) is 14.8. The third-order valence-corrected chi connectivity index (χ3v) is 7.36. The van der Waals surface area contributed by atoms with Crippen LogP contribution in [0.25, 0.3) is 0 Å². The predicted molar refractivity (Wildman–Crippen MR) is 169 cm³/mol. The SMILES string of the molecule is CNCc1ccc(C(=O)NC2=CC=C(NCc3cc(OC)c(OCCCN4CCCCC4)cc3N=CN)C=CC2)cc1. The lowest BCUT2D eigenvalue weighted by Gasteiger charge is -2.26. The Bertz CT molecular complexity index is 1290. The van der Waals surface area contributed by atoms with Gasteiger partial charge in [-0.05, 0) is 81.4 Å². The Labute approximate surface area is 249 Å². The fourth-order valence-corrected chi connectivity index (χ4v) is 5.09. The van der Waals surface area contributed by atoms with Crippen LogP contribution in [0.3, 0.4) is 0 Å². The van der Waals surface area contributed by atoms with Gasteiger partial charge in [-0.2, -0.15) is 0 Å². The molecule has 2 aromatic rings. The number of nitrogens with one attached hydrogen (secondary N) is 3. The number of hydrogen-bond acceptors (Lipinski definition) is 7. The zero-order valence-electron chi connectivity index (χ0n) is 24.8. The van der Waals surface area contributed by atoms with Gasteiger partial charge in [0, 0.05) is 54.6 Å². The van der Waals surface area contributed by atoms with Crippen molar-refractivity contribution in [1.82, 2.24) is 20.9 Å². The number of likely N-dealkylation sites (tertiary alicyclic amines) is 1. The topological polar surface area (TPSA) is 113 Å². The molecule has 1 saturated heterocycles. The van der Waals surface area contributed by atoms with Crippen molar-refractivity contribution in [1.29, 1.82) is 0 Å². The number of aliphatic imine (C=N–C) groups is 1. The van der Waals surface area contributed by atoms with Crippen molar-refractivity contribution >= 4 is 17.9 Å². The highest BCUT2D eigenvalue weighted by Crippen LogP contribution is 2.35. The summed E-state index contributed by atoms with van der Waals surface area (Å²) in [5, 5.41) is 9.59. The van der Waals surface area contributed by atoms with Gasteiger partial charge in [0.05, 0.1) is 25.7 Å². The molecule has 0 bridgehead atoms. The van der Waals surface area contributed by atoms with Crippen molar-refractivity contribution in [3.05, 3.63) is 88.8 Å². The highest BCUT2D eigenvalue weighted by atomic mass is 16.5. The Morgan fingerprint density at radius 2 is 1.88 bits per heavy atom. The van der Waals surface area contributed by atoms with Crippen LogP contribution < -0.4 is 31.2 Å². The van der Waals surface area contributed by atoms with Gasteiger partial charge in [0.25, 0.3) is 5.91 Å². The predicted octanol–water partition coefficient (Wildman–Crippen LogP) is 4.54. The van der Waals surface area contributed by atoms with E-state index in [1.807, 2.05) is 67.7 Å². The normalized spacial score (nSPS) is 15.6. The average molecular weight is 573 g/mol. The first-order chi connectivity index (χ1) is 20.6. The van der Waals surface area contributed by atoms with Crippen LogP contribution in [-0.4, -0.2) is 57.5 Å². The number of carbonyl (C=O) groups excluding carboxylic acids is 1. The summed E-state index contributed by atoms with van der Waals surface area (Å²) in [6, 6.07) is 11.4. The fraction of sp³-hybridized carbons (Fsp3) is 0.394. The molecule has 1 heterocycles. The highest BCUT2D eigenvalue weighted by Gasteiger charge is 2.14. The van der Waals surface area contributed by atoms with E-state index in [0.29, 0.717) is 36.6 Å². The monoisotopic (exact) mass is 572 g/mol. The van der Waals surface area contributed by atoms with Gasteiger partial charge >= 0.3 is 0 Å². The van der Waals surface area contributed by atoms with Crippen LogP contribution >= 0.6 is 0 Å². The summed E-state index contributed by atoms with van der Waals surface area (Å²) in [6.07, 6.45) is 14.7. The van der Waals surface area contributed by atoms with Gasteiger partial charge in [0.2, 0.25) is 0 Å². The summed E-state index contributed by atoms with van der Waals surface area (Å²) in [5.41, 5.74) is 10.8. The van der Waals surface area contributed by atoms with Crippen LogP contribution in [0.1, 0.15) is 53.6 Å². The maximum Gasteiger partial charge on any atom is 0.255 e. The number of allylic oxidation sites excluding steroid dienone is 4. The number of piperidine rings is 1. The number of nitrogens with two attached hydrogens (primary N) is 1. The van der Waals surface area contributed by atoms with Gasteiger partial charge in [0.15, 0.2) is 11.5 Å². The molecule has 9 heteroatoms. The minimum absolute atomic E-state index is 0.124. The molecule has 2 aromatic carbocycles. The molecule has 0 spiro atoms. The molecule has 0 aromatic heterocycles. The molecule has 2 aliphatic rings. The standard InChI is InChI=1S/C33H44N6O3/c1-35-22-25-10-12-26(13-11-25)33(40)38-29-9-6-8-28(14-15-29)36-23-27-20-31(41-2)32(21-30(27)37-24-34)42-19-7-18-39-16-4-3-5-17-39/h6,8,10-15,20-21,24,35-36H,3-5,7,9,16-19,22-23H2,1-2H3,(H2,34,37)(H,38,40). The number of benzene rings is 2. The summed E-state index contributed by atoms with van der Waals surface area (Å²) in [5.74, 6) is 1.20. The van der Waals surface area contributed by atoms with Crippen LogP contribution in [0.2, 0.25) is 0 Å². The van der Waals surface area contributed by atoms with Gasteiger partial charge in [-0.15, -0.1) is 0 Å². The minimum atomic E-state index is -0.124. The van der Waals surface area contributed by atoms with E-state index in [9.17, 15) is 4.79 Å². The van der Waals surface area contributed by atoms with Crippen molar-refractivity contribution in [2.45, 2.75) is 45.2 Å². The van der Waals surface area contributed by atoms with E-state index in [0.717, 1.165) is 47.7 Å². The summed E-state index contributed by atoms with van der Waals surface area (Å²) >= 11 is 0. The van der Waals surface area contributed by atoms with E-state index >= 15 is 0 Å². The van der Waals surface area contributed by atoms with E-state index < -0.39 is 0 Å². The van der Waals surface area contributed by atoms with E-state index in [1.165, 1.54) is 38.7 Å². The molecular weight excluding hydrogens is 528 g/mol. The highest BCUT2D eigenvalue weighted by molar-refractivity contribution is 5.95. The number of amides is 1.